The largest absolute Gasteiger partial charge is 0.392 e. The number of carbonyl (C=O) groups is 1. The average molecular weight is 444 g/mol. The zero-order valence-electron chi connectivity index (χ0n) is 18.2. The number of nitrogens with one attached hydrogen (secondary N) is 3. The molecule has 0 saturated carbocycles. The highest BCUT2D eigenvalue weighted by molar-refractivity contribution is 5.97. The molecule has 0 fully saturated rings. The number of aromatic amines is 2. The van der Waals surface area contributed by atoms with E-state index in [0.717, 1.165) is 22.3 Å². The first-order chi connectivity index (χ1) is 15.8. The lowest BCUT2D eigenvalue weighted by Gasteiger charge is -2.15. The molecular weight excluding hydrogens is 420 g/mol. The Kier molecular flexibility index (Phi) is 5.95. The van der Waals surface area contributed by atoms with Crippen molar-refractivity contribution in [3.63, 3.8) is 0 Å². The molecular formula is C24H24N6O3. The number of benzene rings is 2. The summed E-state index contributed by atoms with van der Waals surface area (Å²) in [6.45, 7) is 3.89. The Bertz CT molecular complexity index is 1400. The molecule has 1 unspecified atom stereocenters. The standard InChI is InChI=1S/C24H24N6O3/c1-14(27-23(32)21-20(25)22(31)29-24(33)28-21)17-9-6-10-18(11-17)19-12-26-30(13-19)15(2)16-7-4-3-5-8-16/h3-15H,25H2,1-2H3,(H,27,32)(H2,28,29,31,33)/t14-,15?/m1/s1. The summed E-state index contributed by atoms with van der Waals surface area (Å²) in [5, 5.41) is 7.29. The number of nitrogens with two attached hydrogens (primary N) is 1. The summed E-state index contributed by atoms with van der Waals surface area (Å²) in [4.78, 5) is 40.0. The monoisotopic (exact) mass is 444 g/mol. The minimum Gasteiger partial charge on any atom is -0.392 e. The predicted molar refractivity (Wildman–Crippen MR) is 126 cm³/mol. The second kappa shape index (κ2) is 8.99. The third-order valence-corrected chi connectivity index (χ3v) is 5.55. The van der Waals surface area contributed by atoms with Crippen LogP contribution < -0.4 is 22.3 Å². The number of carbonyl (C=O) groups excluding carboxylic acids is 1. The maximum absolute atomic E-state index is 12.6. The summed E-state index contributed by atoms with van der Waals surface area (Å²) in [5.74, 6) is -0.641. The van der Waals surface area contributed by atoms with Crippen LogP contribution in [0.15, 0.2) is 76.6 Å². The number of rotatable bonds is 6. The summed E-state index contributed by atoms with van der Waals surface area (Å²) >= 11 is 0. The van der Waals surface area contributed by atoms with Gasteiger partial charge in [0, 0.05) is 11.8 Å². The fourth-order valence-electron chi connectivity index (χ4n) is 3.60. The van der Waals surface area contributed by atoms with Gasteiger partial charge in [-0.25, -0.2) is 4.79 Å². The molecule has 2 aromatic heterocycles. The van der Waals surface area contributed by atoms with Gasteiger partial charge in [-0.15, -0.1) is 0 Å². The number of hydrogen-bond donors (Lipinski definition) is 4. The maximum Gasteiger partial charge on any atom is 0.326 e. The van der Waals surface area contributed by atoms with Crippen molar-refractivity contribution in [1.29, 1.82) is 0 Å². The number of hydrogen-bond acceptors (Lipinski definition) is 5. The van der Waals surface area contributed by atoms with Crippen LogP contribution in [0.25, 0.3) is 11.1 Å². The normalized spacial score (nSPS) is 12.8. The molecule has 33 heavy (non-hydrogen) atoms. The van der Waals surface area contributed by atoms with Crippen molar-refractivity contribution in [3.05, 3.63) is 105 Å². The summed E-state index contributed by atoms with van der Waals surface area (Å²) in [7, 11) is 0. The van der Waals surface area contributed by atoms with E-state index in [9.17, 15) is 14.4 Å². The molecule has 2 atom stereocenters. The first-order valence-corrected chi connectivity index (χ1v) is 10.5. The Labute approximate surface area is 189 Å². The van der Waals surface area contributed by atoms with Crippen LogP contribution in [0.4, 0.5) is 5.69 Å². The Morgan fingerprint density at radius 2 is 1.73 bits per heavy atom. The van der Waals surface area contributed by atoms with E-state index in [1.54, 1.807) is 6.92 Å². The SMILES string of the molecule is CC(c1ccccc1)n1cc(-c2cccc([C@@H](C)NC(=O)c3[nH]c(=O)[nH]c(=O)c3N)c2)cn1. The van der Waals surface area contributed by atoms with E-state index in [2.05, 4.69) is 34.5 Å². The predicted octanol–water partition coefficient (Wildman–Crippen LogP) is 2.61. The van der Waals surface area contributed by atoms with Crippen molar-refractivity contribution in [2.75, 3.05) is 5.73 Å². The molecule has 2 heterocycles. The fraction of sp³-hybridized carbons (Fsp3) is 0.167. The zero-order chi connectivity index (χ0) is 23.5. The molecule has 0 radical (unpaired) electrons. The van der Waals surface area contributed by atoms with Crippen molar-refractivity contribution < 1.29 is 4.79 Å². The molecule has 5 N–H and O–H groups in total. The van der Waals surface area contributed by atoms with Gasteiger partial charge in [0.2, 0.25) is 0 Å². The topological polar surface area (TPSA) is 139 Å². The fourth-order valence-corrected chi connectivity index (χ4v) is 3.60. The van der Waals surface area contributed by atoms with E-state index in [0.29, 0.717) is 0 Å². The number of amides is 1. The highest BCUT2D eigenvalue weighted by Crippen LogP contribution is 2.25. The Morgan fingerprint density at radius 3 is 2.48 bits per heavy atom. The molecule has 168 valence electrons. The van der Waals surface area contributed by atoms with Crippen LogP contribution in [0, 0.1) is 0 Å². The van der Waals surface area contributed by atoms with Crippen LogP contribution >= 0.6 is 0 Å². The lowest BCUT2D eigenvalue weighted by molar-refractivity contribution is 0.0935. The van der Waals surface area contributed by atoms with E-state index in [-0.39, 0.29) is 17.4 Å². The summed E-state index contributed by atoms with van der Waals surface area (Å²) < 4.78 is 1.91. The first-order valence-electron chi connectivity index (χ1n) is 10.5. The van der Waals surface area contributed by atoms with Crippen LogP contribution in [0.3, 0.4) is 0 Å². The van der Waals surface area contributed by atoms with Gasteiger partial charge in [-0.1, -0.05) is 48.5 Å². The Morgan fingerprint density at radius 1 is 1.00 bits per heavy atom. The summed E-state index contributed by atoms with van der Waals surface area (Å²) in [5.41, 5.74) is 7.35. The maximum atomic E-state index is 12.6. The van der Waals surface area contributed by atoms with Gasteiger partial charge in [-0.3, -0.25) is 19.3 Å². The molecule has 0 spiro atoms. The van der Waals surface area contributed by atoms with Crippen molar-refractivity contribution in [2.45, 2.75) is 25.9 Å². The van der Waals surface area contributed by atoms with Crippen LogP contribution in [0.1, 0.15) is 47.5 Å². The first kappa shape index (κ1) is 21.8. The highest BCUT2D eigenvalue weighted by Gasteiger charge is 2.18. The van der Waals surface area contributed by atoms with Gasteiger partial charge < -0.3 is 16.0 Å². The lowest BCUT2D eigenvalue weighted by Crippen LogP contribution is -2.34. The minimum atomic E-state index is -0.805. The molecule has 0 bridgehead atoms. The quantitative estimate of drug-likeness (QED) is 0.362. The molecule has 2 aromatic carbocycles. The van der Waals surface area contributed by atoms with E-state index in [1.165, 1.54) is 0 Å². The van der Waals surface area contributed by atoms with Gasteiger partial charge in [0.15, 0.2) is 0 Å². The van der Waals surface area contributed by atoms with E-state index in [1.807, 2.05) is 64.5 Å². The van der Waals surface area contributed by atoms with Gasteiger partial charge in [-0.05, 0) is 36.6 Å². The average Bonchev–Trinajstić information content (AvgIpc) is 3.32. The van der Waals surface area contributed by atoms with Crippen LogP contribution in [0.2, 0.25) is 0 Å². The molecule has 9 heteroatoms. The van der Waals surface area contributed by atoms with E-state index >= 15 is 0 Å². The van der Waals surface area contributed by atoms with Gasteiger partial charge in [0.1, 0.15) is 11.4 Å². The number of nitrogens with zero attached hydrogens (tertiary/aromatic N) is 2. The Hall–Kier alpha value is -4.40. The lowest BCUT2D eigenvalue weighted by atomic mass is 10.0. The van der Waals surface area contributed by atoms with Crippen LogP contribution in [-0.4, -0.2) is 25.7 Å². The summed E-state index contributed by atoms with van der Waals surface area (Å²) in [6.07, 6.45) is 3.80. The Balaban J connectivity index is 1.54. The third kappa shape index (κ3) is 4.62. The van der Waals surface area contributed by atoms with Crippen LogP contribution in [-0.2, 0) is 0 Å². The molecule has 4 aromatic rings. The van der Waals surface area contributed by atoms with Gasteiger partial charge in [0.25, 0.3) is 11.5 Å². The molecule has 9 nitrogen and oxygen atoms in total. The van der Waals surface area contributed by atoms with Gasteiger partial charge in [-0.2, -0.15) is 5.10 Å². The number of nitrogen functional groups attached to an aromatic ring is 1. The van der Waals surface area contributed by atoms with Crippen molar-refractivity contribution in [3.8, 4) is 11.1 Å². The van der Waals surface area contributed by atoms with Crippen molar-refractivity contribution in [1.82, 2.24) is 25.1 Å². The van der Waals surface area contributed by atoms with E-state index < -0.39 is 23.2 Å². The molecule has 0 aliphatic heterocycles. The second-order valence-electron chi connectivity index (χ2n) is 7.81. The number of anilines is 1. The summed E-state index contributed by atoms with van der Waals surface area (Å²) in [6, 6.07) is 17.5. The smallest absolute Gasteiger partial charge is 0.326 e. The van der Waals surface area contributed by atoms with Crippen LogP contribution in [0.5, 0.6) is 0 Å². The number of H-pyrrole nitrogens is 2. The third-order valence-electron chi connectivity index (χ3n) is 5.55. The highest BCUT2D eigenvalue weighted by atomic mass is 16.2. The van der Waals surface area contributed by atoms with Gasteiger partial charge in [0.05, 0.1) is 18.3 Å². The minimum absolute atomic E-state index is 0.0861. The molecule has 0 aliphatic carbocycles. The molecule has 0 aliphatic rings. The van der Waals surface area contributed by atoms with E-state index in [4.69, 9.17) is 5.73 Å². The molecule has 1 amide bonds. The second-order valence-corrected chi connectivity index (χ2v) is 7.81. The molecule has 4 rings (SSSR count). The van der Waals surface area contributed by atoms with Crippen molar-refractivity contribution in [2.24, 2.45) is 0 Å². The molecule has 0 saturated heterocycles. The van der Waals surface area contributed by atoms with Crippen molar-refractivity contribution >= 4 is 11.6 Å². The zero-order valence-corrected chi connectivity index (χ0v) is 18.2. The van der Waals surface area contributed by atoms with Gasteiger partial charge >= 0.3 is 5.69 Å². The number of aromatic nitrogens is 4.